The molecule has 0 aliphatic heterocycles. The van der Waals surface area contributed by atoms with Gasteiger partial charge in [-0.25, -0.2) is 0 Å². The van der Waals surface area contributed by atoms with E-state index in [0.717, 1.165) is 29.2 Å². The van der Waals surface area contributed by atoms with E-state index in [4.69, 9.17) is 10.5 Å². The Bertz CT molecular complexity index is 374. The van der Waals surface area contributed by atoms with E-state index in [-0.39, 0.29) is 6.04 Å². The van der Waals surface area contributed by atoms with Crippen molar-refractivity contribution >= 4 is 15.9 Å². The molecule has 0 aromatic heterocycles. The summed E-state index contributed by atoms with van der Waals surface area (Å²) in [5.41, 5.74) is 7.04. The molecule has 2 N–H and O–H groups in total. The van der Waals surface area contributed by atoms with Gasteiger partial charge in [-0.3, -0.25) is 0 Å². The molecule has 0 bridgehead atoms. The first-order chi connectivity index (χ1) is 8.15. The predicted octanol–water partition coefficient (Wildman–Crippen LogP) is 3.52. The zero-order valence-corrected chi connectivity index (χ0v) is 11.9. The largest absolute Gasteiger partial charge is 0.492 e. The van der Waals surface area contributed by atoms with Gasteiger partial charge >= 0.3 is 0 Å². The number of halogens is 1. The molecule has 94 valence electrons. The van der Waals surface area contributed by atoms with Crippen LogP contribution >= 0.6 is 15.9 Å². The third kappa shape index (κ3) is 4.32. The lowest BCUT2D eigenvalue weighted by atomic mass is 10.1. The Kier molecular flexibility index (Phi) is 4.46. The smallest absolute Gasteiger partial charge is 0.133 e. The highest BCUT2D eigenvalue weighted by Crippen LogP contribution is 2.33. The highest BCUT2D eigenvalue weighted by molar-refractivity contribution is 9.10. The molecule has 1 unspecified atom stereocenters. The molecule has 1 aliphatic carbocycles. The molecular formula is C14H20BrNO. The quantitative estimate of drug-likeness (QED) is 0.872. The second kappa shape index (κ2) is 5.87. The second-order valence-electron chi connectivity index (χ2n) is 5.03. The van der Waals surface area contributed by atoms with E-state index >= 15 is 0 Å². The molecule has 0 radical (unpaired) electrons. The van der Waals surface area contributed by atoms with Gasteiger partial charge in [0.05, 0.1) is 11.1 Å². The van der Waals surface area contributed by atoms with Crippen LogP contribution in [-0.2, 0) is 6.42 Å². The van der Waals surface area contributed by atoms with Crippen molar-refractivity contribution in [2.75, 3.05) is 6.61 Å². The van der Waals surface area contributed by atoms with E-state index in [0.29, 0.717) is 0 Å². The molecule has 2 rings (SSSR count). The summed E-state index contributed by atoms with van der Waals surface area (Å²) in [5.74, 6) is 1.87. The van der Waals surface area contributed by atoms with E-state index in [1.807, 2.05) is 13.0 Å². The Hall–Kier alpha value is -0.540. The summed E-state index contributed by atoms with van der Waals surface area (Å²) < 4.78 is 6.80. The van der Waals surface area contributed by atoms with Gasteiger partial charge in [-0.05, 0) is 59.3 Å². The second-order valence-corrected chi connectivity index (χ2v) is 5.88. The third-order valence-electron chi connectivity index (χ3n) is 3.03. The van der Waals surface area contributed by atoms with Crippen LogP contribution in [0.1, 0.15) is 31.7 Å². The summed E-state index contributed by atoms with van der Waals surface area (Å²) in [6, 6.07) is 6.44. The highest BCUT2D eigenvalue weighted by atomic mass is 79.9. The Morgan fingerprint density at radius 3 is 2.82 bits per heavy atom. The maximum absolute atomic E-state index is 5.79. The normalized spacial score (nSPS) is 16.9. The minimum absolute atomic E-state index is 0.198. The van der Waals surface area contributed by atoms with E-state index in [2.05, 4.69) is 28.1 Å². The van der Waals surface area contributed by atoms with Crippen LogP contribution in [0.4, 0.5) is 0 Å². The summed E-state index contributed by atoms with van der Waals surface area (Å²) in [6.45, 7) is 2.85. The lowest BCUT2D eigenvalue weighted by molar-refractivity contribution is 0.300. The zero-order valence-electron chi connectivity index (χ0n) is 10.3. The minimum Gasteiger partial charge on any atom is -0.492 e. The van der Waals surface area contributed by atoms with Crippen LogP contribution in [-0.4, -0.2) is 12.6 Å². The lowest BCUT2D eigenvalue weighted by Gasteiger charge is -2.10. The molecule has 1 aliphatic rings. The molecule has 0 heterocycles. The molecular weight excluding hydrogens is 278 g/mol. The first-order valence-corrected chi connectivity index (χ1v) is 7.11. The summed E-state index contributed by atoms with van der Waals surface area (Å²) >= 11 is 3.55. The van der Waals surface area contributed by atoms with E-state index in [1.165, 1.54) is 24.8 Å². The molecule has 1 saturated carbocycles. The van der Waals surface area contributed by atoms with E-state index in [1.54, 1.807) is 0 Å². The van der Waals surface area contributed by atoms with Crippen LogP contribution < -0.4 is 10.5 Å². The van der Waals surface area contributed by atoms with Gasteiger partial charge in [0.1, 0.15) is 5.75 Å². The van der Waals surface area contributed by atoms with Crippen LogP contribution in [0.5, 0.6) is 5.75 Å². The van der Waals surface area contributed by atoms with Crippen molar-refractivity contribution < 1.29 is 4.74 Å². The molecule has 0 spiro atoms. The van der Waals surface area contributed by atoms with Crippen molar-refractivity contribution in [2.45, 2.75) is 38.6 Å². The number of benzene rings is 1. The molecule has 1 aromatic carbocycles. The molecule has 17 heavy (non-hydrogen) atoms. The highest BCUT2D eigenvalue weighted by Gasteiger charge is 2.20. The molecule has 0 amide bonds. The maximum atomic E-state index is 5.79. The van der Waals surface area contributed by atoms with Crippen molar-refractivity contribution in [3.05, 3.63) is 28.2 Å². The number of hydrogen-bond acceptors (Lipinski definition) is 2. The average Bonchev–Trinajstić information content (AvgIpc) is 3.04. The van der Waals surface area contributed by atoms with Gasteiger partial charge in [0, 0.05) is 6.04 Å². The van der Waals surface area contributed by atoms with Gasteiger partial charge in [0.2, 0.25) is 0 Å². The lowest BCUT2D eigenvalue weighted by Crippen LogP contribution is -2.17. The first kappa shape index (κ1) is 12.9. The average molecular weight is 298 g/mol. The summed E-state index contributed by atoms with van der Waals surface area (Å²) in [4.78, 5) is 0. The van der Waals surface area contributed by atoms with E-state index in [9.17, 15) is 0 Å². The molecule has 3 heteroatoms. The van der Waals surface area contributed by atoms with Gasteiger partial charge in [-0.2, -0.15) is 0 Å². The van der Waals surface area contributed by atoms with Gasteiger partial charge in [-0.15, -0.1) is 0 Å². The Labute approximate surface area is 112 Å². The molecule has 0 saturated heterocycles. The van der Waals surface area contributed by atoms with Crippen molar-refractivity contribution in [1.29, 1.82) is 0 Å². The number of ether oxygens (including phenoxy) is 1. The SMILES string of the molecule is CC(N)Cc1ccc(OCCC2CC2)c(Br)c1. The predicted molar refractivity (Wildman–Crippen MR) is 74.3 cm³/mol. The fourth-order valence-electron chi connectivity index (χ4n) is 1.90. The number of rotatable bonds is 6. The van der Waals surface area contributed by atoms with Gasteiger partial charge in [-0.1, -0.05) is 18.9 Å². The van der Waals surface area contributed by atoms with Gasteiger partial charge in [0.15, 0.2) is 0 Å². The number of nitrogens with two attached hydrogens (primary N) is 1. The fraction of sp³-hybridized carbons (Fsp3) is 0.571. The van der Waals surface area contributed by atoms with Crippen molar-refractivity contribution in [3.63, 3.8) is 0 Å². The summed E-state index contributed by atoms with van der Waals surface area (Å²) in [5, 5.41) is 0. The zero-order chi connectivity index (χ0) is 12.3. The third-order valence-corrected chi connectivity index (χ3v) is 3.65. The minimum atomic E-state index is 0.198. The van der Waals surface area contributed by atoms with Crippen LogP contribution in [0, 0.1) is 5.92 Å². The first-order valence-electron chi connectivity index (χ1n) is 6.32. The van der Waals surface area contributed by atoms with Crippen LogP contribution in [0.25, 0.3) is 0 Å². The monoisotopic (exact) mass is 297 g/mol. The Balaban J connectivity index is 1.88. The molecule has 1 atom stereocenters. The molecule has 1 fully saturated rings. The topological polar surface area (TPSA) is 35.2 Å². The van der Waals surface area contributed by atoms with Crippen molar-refractivity contribution in [2.24, 2.45) is 11.7 Å². The standard InChI is InChI=1S/C14H20BrNO/c1-10(16)8-12-4-5-14(13(15)9-12)17-7-6-11-2-3-11/h4-5,9-11H,2-3,6-8,16H2,1H3. The molecule has 1 aromatic rings. The fourth-order valence-corrected chi connectivity index (χ4v) is 2.44. The van der Waals surface area contributed by atoms with Crippen LogP contribution in [0.2, 0.25) is 0 Å². The van der Waals surface area contributed by atoms with Gasteiger partial charge in [0.25, 0.3) is 0 Å². The summed E-state index contributed by atoms with van der Waals surface area (Å²) in [6.07, 6.45) is 4.87. The number of hydrogen-bond donors (Lipinski definition) is 1. The van der Waals surface area contributed by atoms with E-state index < -0.39 is 0 Å². The van der Waals surface area contributed by atoms with Crippen molar-refractivity contribution in [1.82, 2.24) is 0 Å². The molecule has 2 nitrogen and oxygen atoms in total. The Morgan fingerprint density at radius 1 is 1.47 bits per heavy atom. The maximum Gasteiger partial charge on any atom is 0.133 e. The van der Waals surface area contributed by atoms with Crippen LogP contribution in [0.3, 0.4) is 0 Å². The van der Waals surface area contributed by atoms with Crippen molar-refractivity contribution in [3.8, 4) is 5.75 Å². The van der Waals surface area contributed by atoms with Crippen LogP contribution in [0.15, 0.2) is 22.7 Å². The Morgan fingerprint density at radius 2 is 2.24 bits per heavy atom. The summed E-state index contributed by atoms with van der Waals surface area (Å²) in [7, 11) is 0. The van der Waals surface area contributed by atoms with Gasteiger partial charge < -0.3 is 10.5 Å².